The van der Waals surface area contributed by atoms with Gasteiger partial charge in [-0.25, -0.2) is 4.98 Å². The molecular weight excluding hydrogens is 376 g/mol. The van der Waals surface area contributed by atoms with Gasteiger partial charge in [-0.15, -0.1) is 0 Å². The topological polar surface area (TPSA) is 64.2 Å². The van der Waals surface area contributed by atoms with E-state index in [0.717, 1.165) is 24.2 Å². The molecule has 0 saturated carbocycles. The van der Waals surface area contributed by atoms with Crippen LogP contribution in [0.25, 0.3) is 0 Å². The van der Waals surface area contributed by atoms with Crippen molar-refractivity contribution in [1.29, 1.82) is 0 Å². The van der Waals surface area contributed by atoms with Crippen molar-refractivity contribution >= 4 is 17.5 Å². The number of carbonyl (C=O) groups is 1. The molecule has 0 aliphatic carbocycles. The molecule has 7 heteroatoms. The first-order valence-electron chi connectivity index (χ1n) is 9.57. The van der Waals surface area contributed by atoms with Crippen LogP contribution in [-0.2, 0) is 6.42 Å². The van der Waals surface area contributed by atoms with Crippen molar-refractivity contribution in [3.05, 3.63) is 70.7 Å². The van der Waals surface area contributed by atoms with Crippen molar-refractivity contribution in [2.45, 2.75) is 45.2 Å². The molecule has 3 aromatic rings. The van der Waals surface area contributed by atoms with Crippen LogP contribution in [-0.4, -0.2) is 32.1 Å². The molecule has 28 heavy (non-hydrogen) atoms. The van der Waals surface area contributed by atoms with Crippen molar-refractivity contribution < 1.29 is 9.21 Å². The van der Waals surface area contributed by atoms with E-state index < -0.39 is 0 Å². The van der Waals surface area contributed by atoms with E-state index in [1.807, 2.05) is 43.0 Å². The predicted molar refractivity (Wildman–Crippen MR) is 106 cm³/mol. The third kappa shape index (κ3) is 3.56. The van der Waals surface area contributed by atoms with Crippen LogP contribution in [0.3, 0.4) is 0 Å². The third-order valence-electron chi connectivity index (χ3n) is 5.07. The van der Waals surface area contributed by atoms with Gasteiger partial charge in [-0.1, -0.05) is 29.8 Å². The molecule has 0 spiro atoms. The Hall–Kier alpha value is -2.60. The largest absolute Gasteiger partial charge is 0.443 e. The van der Waals surface area contributed by atoms with E-state index in [2.05, 4.69) is 10.1 Å². The molecule has 1 atom stereocenters. The van der Waals surface area contributed by atoms with Crippen LogP contribution in [0.4, 0.5) is 0 Å². The van der Waals surface area contributed by atoms with Gasteiger partial charge in [-0.2, -0.15) is 5.10 Å². The molecule has 4 rings (SSSR count). The Labute approximate surface area is 169 Å². The fourth-order valence-electron chi connectivity index (χ4n) is 3.70. The molecule has 1 amide bonds. The molecule has 0 N–H and O–H groups in total. The van der Waals surface area contributed by atoms with Gasteiger partial charge in [-0.05, 0) is 44.4 Å². The summed E-state index contributed by atoms with van der Waals surface area (Å²) in [6.07, 6.45) is 5.75. The van der Waals surface area contributed by atoms with Crippen molar-refractivity contribution in [2.24, 2.45) is 0 Å². The number of amides is 1. The summed E-state index contributed by atoms with van der Waals surface area (Å²) < 4.78 is 7.78. The standard InChI is InChI=1S/C21H23ClN4O2/c1-14(2)26-19(9-10-24-26)21(27)25-11-5-8-18(25)20-23-13-16(28-20)12-15-6-3-4-7-17(15)22/h3-4,6-7,9-10,13-14,18H,5,8,11-12H2,1-2H3/t18-/m0/s1. The minimum atomic E-state index is -0.150. The normalized spacial score (nSPS) is 16.9. The second-order valence-corrected chi connectivity index (χ2v) is 7.75. The lowest BCUT2D eigenvalue weighted by molar-refractivity contribution is 0.0700. The number of hydrogen-bond acceptors (Lipinski definition) is 4. The molecule has 3 heterocycles. The number of hydrogen-bond donors (Lipinski definition) is 0. The summed E-state index contributed by atoms with van der Waals surface area (Å²) in [5.41, 5.74) is 1.59. The maximum atomic E-state index is 13.1. The Kier molecular flexibility index (Phi) is 5.22. The minimum Gasteiger partial charge on any atom is -0.443 e. The predicted octanol–water partition coefficient (Wildman–Crippen LogP) is 4.67. The number of aromatic nitrogens is 3. The number of rotatable bonds is 5. The first kappa shape index (κ1) is 18.7. The van der Waals surface area contributed by atoms with Gasteiger partial charge in [-0.3, -0.25) is 9.48 Å². The summed E-state index contributed by atoms with van der Waals surface area (Å²) >= 11 is 6.25. The molecule has 6 nitrogen and oxygen atoms in total. The molecule has 1 aliphatic heterocycles. The van der Waals surface area contributed by atoms with E-state index in [9.17, 15) is 4.79 Å². The van der Waals surface area contributed by atoms with E-state index in [1.165, 1.54) is 0 Å². The number of nitrogens with zero attached hydrogens (tertiary/aromatic N) is 4. The zero-order valence-electron chi connectivity index (χ0n) is 16.0. The van der Waals surface area contributed by atoms with E-state index in [4.69, 9.17) is 16.0 Å². The zero-order chi connectivity index (χ0) is 19.7. The van der Waals surface area contributed by atoms with Crippen LogP contribution in [0, 0.1) is 0 Å². The van der Waals surface area contributed by atoms with E-state index >= 15 is 0 Å². The second-order valence-electron chi connectivity index (χ2n) is 7.34. The van der Waals surface area contributed by atoms with Crippen molar-refractivity contribution in [3.63, 3.8) is 0 Å². The Bertz CT molecular complexity index is 978. The highest BCUT2D eigenvalue weighted by molar-refractivity contribution is 6.31. The first-order chi connectivity index (χ1) is 13.5. The summed E-state index contributed by atoms with van der Waals surface area (Å²) in [5.74, 6) is 1.30. The van der Waals surface area contributed by atoms with Crippen molar-refractivity contribution in [3.8, 4) is 0 Å². The quantitative estimate of drug-likeness (QED) is 0.626. The van der Waals surface area contributed by atoms with Gasteiger partial charge in [0.05, 0.1) is 6.20 Å². The van der Waals surface area contributed by atoms with Crippen LogP contribution < -0.4 is 0 Å². The van der Waals surface area contributed by atoms with Crippen molar-refractivity contribution in [1.82, 2.24) is 19.7 Å². The van der Waals surface area contributed by atoms with Gasteiger partial charge in [0.2, 0.25) is 5.89 Å². The van der Waals surface area contributed by atoms with Crippen LogP contribution in [0.15, 0.2) is 47.1 Å². The summed E-state index contributed by atoms with van der Waals surface area (Å²) in [6.45, 7) is 4.72. The van der Waals surface area contributed by atoms with Crippen LogP contribution in [0.5, 0.6) is 0 Å². The zero-order valence-corrected chi connectivity index (χ0v) is 16.8. The Morgan fingerprint density at radius 3 is 2.93 bits per heavy atom. The van der Waals surface area contributed by atoms with Gasteiger partial charge >= 0.3 is 0 Å². The number of carbonyl (C=O) groups excluding carboxylic acids is 1. The SMILES string of the molecule is CC(C)n1nccc1C(=O)N1CCC[C@H]1c1ncc(Cc2ccccc2Cl)o1. The van der Waals surface area contributed by atoms with Crippen LogP contribution in [0.1, 0.15) is 66.5 Å². The monoisotopic (exact) mass is 398 g/mol. The molecule has 0 radical (unpaired) electrons. The van der Waals surface area contributed by atoms with Gasteiger partial charge in [0.25, 0.3) is 5.91 Å². The first-order valence-corrected chi connectivity index (χ1v) is 9.95. The Morgan fingerprint density at radius 2 is 2.14 bits per heavy atom. The van der Waals surface area contributed by atoms with Crippen LogP contribution >= 0.6 is 11.6 Å². The summed E-state index contributed by atoms with van der Waals surface area (Å²) in [5, 5.41) is 4.99. The molecule has 0 bridgehead atoms. The van der Waals surface area contributed by atoms with Gasteiger partial charge in [0.15, 0.2) is 0 Å². The summed E-state index contributed by atoms with van der Waals surface area (Å²) in [6, 6.07) is 9.44. The average molecular weight is 399 g/mol. The molecule has 1 saturated heterocycles. The fourth-order valence-corrected chi connectivity index (χ4v) is 3.90. The average Bonchev–Trinajstić information content (AvgIpc) is 3.43. The lowest BCUT2D eigenvalue weighted by Gasteiger charge is -2.23. The minimum absolute atomic E-state index is 0.0282. The molecule has 1 aliphatic rings. The smallest absolute Gasteiger partial charge is 0.272 e. The maximum absolute atomic E-state index is 13.1. The number of halogens is 1. The molecule has 0 unspecified atom stereocenters. The molecule has 1 fully saturated rings. The third-order valence-corrected chi connectivity index (χ3v) is 5.44. The number of benzene rings is 1. The van der Waals surface area contributed by atoms with E-state index in [0.29, 0.717) is 29.6 Å². The molecule has 146 valence electrons. The highest BCUT2D eigenvalue weighted by Gasteiger charge is 2.35. The highest BCUT2D eigenvalue weighted by atomic mass is 35.5. The Balaban J connectivity index is 1.54. The number of likely N-dealkylation sites (tertiary alicyclic amines) is 1. The van der Waals surface area contributed by atoms with Crippen LogP contribution in [0.2, 0.25) is 5.02 Å². The summed E-state index contributed by atoms with van der Waals surface area (Å²) in [4.78, 5) is 19.5. The van der Waals surface area contributed by atoms with Gasteiger partial charge < -0.3 is 9.32 Å². The Morgan fingerprint density at radius 1 is 1.32 bits per heavy atom. The number of oxazole rings is 1. The molecule has 1 aromatic carbocycles. The molecular formula is C21H23ClN4O2. The highest BCUT2D eigenvalue weighted by Crippen LogP contribution is 2.33. The molecule has 2 aromatic heterocycles. The fraction of sp³-hybridized carbons (Fsp3) is 0.381. The van der Waals surface area contributed by atoms with E-state index in [-0.39, 0.29) is 18.0 Å². The lowest BCUT2D eigenvalue weighted by Crippen LogP contribution is -2.32. The van der Waals surface area contributed by atoms with E-state index in [1.54, 1.807) is 23.1 Å². The van der Waals surface area contributed by atoms with Crippen molar-refractivity contribution in [2.75, 3.05) is 6.54 Å². The summed E-state index contributed by atoms with van der Waals surface area (Å²) in [7, 11) is 0. The second kappa shape index (κ2) is 7.80. The maximum Gasteiger partial charge on any atom is 0.272 e. The lowest BCUT2D eigenvalue weighted by atomic mass is 10.1. The van der Waals surface area contributed by atoms with Gasteiger partial charge in [0.1, 0.15) is 17.5 Å². The van der Waals surface area contributed by atoms with Gasteiger partial charge in [0, 0.05) is 30.2 Å².